The molecule has 0 N–H and O–H groups in total. The molecule has 0 aromatic heterocycles. The van der Waals surface area contributed by atoms with Crippen LogP contribution < -0.4 is 4.74 Å². The monoisotopic (exact) mass is 264 g/mol. The molecule has 102 valence electrons. The van der Waals surface area contributed by atoms with Crippen LogP contribution in [0.1, 0.15) is 37.3 Å². The molecule has 0 atom stereocenters. The lowest BCUT2D eigenvalue weighted by atomic mass is 9.97. The van der Waals surface area contributed by atoms with E-state index in [0.29, 0.717) is 0 Å². The third-order valence-corrected chi connectivity index (χ3v) is 3.80. The standard InChI is InChI=1S/C19H20O/c1-2-3-12-17(15-9-5-4-6-10-15)19-14-16-11-7-8-13-18(16)20-19/h4-11,13H,2-3,12,14H2,1H3/b19-17+. The number of benzene rings is 2. The molecule has 1 aliphatic rings. The van der Waals surface area contributed by atoms with Crippen LogP contribution in [0.5, 0.6) is 5.75 Å². The number of ether oxygens (including phenoxy) is 1. The molecule has 20 heavy (non-hydrogen) atoms. The number of para-hydroxylation sites is 1. The van der Waals surface area contributed by atoms with Crippen molar-refractivity contribution in [2.24, 2.45) is 0 Å². The Kier molecular flexibility index (Phi) is 3.87. The number of hydrogen-bond acceptors (Lipinski definition) is 1. The Morgan fingerprint density at radius 1 is 1.00 bits per heavy atom. The quantitative estimate of drug-likeness (QED) is 0.735. The van der Waals surface area contributed by atoms with Gasteiger partial charge in [-0.25, -0.2) is 0 Å². The lowest BCUT2D eigenvalue weighted by molar-refractivity contribution is 0.446. The van der Waals surface area contributed by atoms with Gasteiger partial charge in [0.15, 0.2) is 0 Å². The topological polar surface area (TPSA) is 9.23 Å². The van der Waals surface area contributed by atoms with E-state index in [1.165, 1.54) is 29.5 Å². The van der Waals surface area contributed by atoms with Crippen molar-refractivity contribution in [3.8, 4) is 5.75 Å². The SMILES string of the molecule is CCCC/C(=C1/Cc2ccccc2O1)c1ccccc1. The fourth-order valence-electron chi connectivity index (χ4n) is 2.70. The minimum Gasteiger partial charge on any atom is -0.461 e. The second-order valence-electron chi connectivity index (χ2n) is 5.26. The molecule has 1 heteroatoms. The summed E-state index contributed by atoms with van der Waals surface area (Å²) in [5.41, 5.74) is 3.96. The van der Waals surface area contributed by atoms with Gasteiger partial charge in [0.25, 0.3) is 0 Å². The van der Waals surface area contributed by atoms with Gasteiger partial charge in [-0.3, -0.25) is 0 Å². The summed E-state index contributed by atoms with van der Waals surface area (Å²) in [5, 5.41) is 0. The Labute approximate surface area is 120 Å². The zero-order valence-corrected chi connectivity index (χ0v) is 11.9. The fraction of sp³-hybridized carbons (Fsp3) is 0.263. The highest BCUT2D eigenvalue weighted by Crippen LogP contribution is 2.36. The van der Waals surface area contributed by atoms with Gasteiger partial charge < -0.3 is 4.74 Å². The molecule has 1 nitrogen and oxygen atoms in total. The molecule has 2 aromatic carbocycles. The van der Waals surface area contributed by atoms with Crippen LogP contribution in [0, 0.1) is 0 Å². The molecule has 1 aliphatic heterocycles. The summed E-state index contributed by atoms with van der Waals surface area (Å²) >= 11 is 0. The van der Waals surface area contributed by atoms with E-state index in [1.807, 2.05) is 6.07 Å². The third-order valence-electron chi connectivity index (χ3n) is 3.80. The van der Waals surface area contributed by atoms with Gasteiger partial charge in [-0.2, -0.15) is 0 Å². The molecular formula is C19H20O. The van der Waals surface area contributed by atoms with Crippen molar-refractivity contribution in [1.29, 1.82) is 0 Å². The summed E-state index contributed by atoms with van der Waals surface area (Å²) in [7, 11) is 0. The average Bonchev–Trinajstić information content (AvgIpc) is 2.92. The Bertz CT molecular complexity index is 584. The Balaban J connectivity index is 1.96. The largest absolute Gasteiger partial charge is 0.461 e. The van der Waals surface area contributed by atoms with Crippen LogP contribution in [0.25, 0.3) is 5.57 Å². The summed E-state index contributed by atoms with van der Waals surface area (Å²) in [6.07, 6.45) is 4.41. The van der Waals surface area contributed by atoms with E-state index < -0.39 is 0 Å². The summed E-state index contributed by atoms with van der Waals surface area (Å²) in [5.74, 6) is 2.15. The molecule has 0 bridgehead atoms. The van der Waals surface area contributed by atoms with E-state index in [0.717, 1.165) is 24.4 Å². The molecule has 0 amide bonds. The highest BCUT2D eigenvalue weighted by Gasteiger charge is 2.20. The first-order chi connectivity index (χ1) is 9.88. The molecule has 3 rings (SSSR count). The molecular weight excluding hydrogens is 244 g/mol. The van der Waals surface area contributed by atoms with Crippen molar-refractivity contribution in [3.63, 3.8) is 0 Å². The maximum absolute atomic E-state index is 6.10. The van der Waals surface area contributed by atoms with Crippen LogP contribution in [0.15, 0.2) is 60.4 Å². The van der Waals surface area contributed by atoms with Crippen LogP contribution in [-0.4, -0.2) is 0 Å². The predicted octanol–water partition coefficient (Wildman–Crippen LogP) is 5.22. The first-order valence-corrected chi connectivity index (χ1v) is 7.41. The molecule has 2 aromatic rings. The van der Waals surface area contributed by atoms with Gasteiger partial charge in [0.2, 0.25) is 0 Å². The second-order valence-corrected chi connectivity index (χ2v) is 5.26. The number of hydrogen-bond donors (Lipinski definition) is 0. The molecule has 0 aliphatic carbocycles. The van der Waals surface area contributed by atoms with Crippen LogP contribution >= 0.6 is 0 Å². The zero-order chi connectivity index (χ0) is 13.8. The second kappa shape index (κ2) is 5.96. The molecule has 0 saturated heterocycles. The van der Waals surface area contributed by atoms with Crippen molar-refractivity contribution in [2.45, 2.75) is 32.6 Å². The van der Waals surface area contributed by atoms with Crippen molar-refractivity contribution in [1.82, 2.24) is 0 Å². The van der Waals surface area contributed by atoms with Crippen molar-refractivity contribution in [2.75, 3.05) is 0 Å². The van der Waals surface area contributed by atoms with E-state index in [2.05, 4.69) is 55.5 Å². The smallest absolute Gasteiger partial charge is 0.130 e. The minimum absolute atomic E-state index is 0.921. The number of unbranched alkanes of at least 4 members (excludes halogenated alkanes) is 1. The van der Waals surface area contributed by atoms with E-state index >= 15 is 0 Å². The molecule has 0 saturated carbocycles. The summed E-state index contributed by atoms with van der Waals surface area (Å²) in [6, 6.07) is 19.0. The van der Waals surface area contributed by atoms with Gasteiger partial charge in [-0.1, -0.05) is 61.9 Å². The third kappa shape index (κ3) is 2.62. The van der Waals surface area contributed by atoms with Gasteiger partial charge in [0, 0.05) is 12.0 Å². The molecule has 0 spiro atoms. The van der Waals surface area contributed by atoms with Crippen molar-refractivity contribution >= 4 is 5.57 Å². The lowest BCUT2D eigenvalue weighted by Gasteiger charge is -2.11. The Hall–Kier alpha value is -2.02. The first kappa shape index (κ1) is 13.0. The number of rotatable bonds is 4. The van der Waals surface area contributed by atoms with Gasteiger partial charge in [0.05, 0.1) is 0 Å². The van der Waals surface area contributed by atoms with Gasteiger partial charge in [0.1, 0.15) is 11.5 Å². The van der Waals surface area contributed by atoms with E-state index in [1.54, 1.807) is 0 Å². The summed E-state index contributed by atoms with van der Waals surface area (Å²) in [4.78, 5) is 0. The Morgan fingerprint density at radius 2 is 1.75 bits per heavy atom. The number of allylic oxidation sites excluding steroid dienone is 2. The summed E-state index contributed by atoms with van der Waals surface area (Å²) < 4.78 is 6.10. The van der Waals surface area contributed by atoms with Crippen LogP contribution in [0.2, 0.25) is 0 Å². The van der Waals surface area contributed by atoms with E-state index in [4.69, 9.17) is 4.74 Å². The fourth-order valence-corrected chi connectivity index (χ4v) is 2.70. The molecule has 0 fully saturated rings. The van der Waals surface area contributed by atoms with E-state index in [-0.39, 0.29) is 0 Å². The highest BCUT2D eigenvalue weighted by atomic mass is 16.5. The lowest BCUT2D eigenvalue weighted by Crippen LogP contribution is -1.97. The molecule has 0 unspecified atom stereocenters. The molecule has 0 radical (unpaired) electrons. The zero-order valence-electron chi connectivity index (χ0n) is 11.9. The van der Waals surface area contributed by atoms with Gasteiger partial charge >= 0.3 is 0 Å². The minimum atomic E-state index is 0.921. The Morgan fingerprint density at radius 3 is 2.50 bits per heavy atom. The van der Waals surface area contributed by atoms with Crippen LogP contribution in [0.3, 0.4) is 0 Å². The molecule has 1 heterocycles. The van der Waals surface area contributed by atoms with Crippen molar-refractivity contribution in [3.05, 3.63) is 71.5 Å². The van der Waals surface area contributed by atoms with E-state index in [9.17, 15) is 0 Å². The van der Waals surface area contributed by atoms with Gasteiger partial charge in [-0.05, 0) is 30.0 Å². The van der Waals surface area contributed by atoms with Crippen molar-refractivity contribution < 1.29 is 4.74 Å². The first-order valence-electron chi connectivity index (χ1n) is 7.41. The van der Waals surface area contributed by atoms with Crippen LogP contribution in [0.4, 0.5) is 0 Å². The summed E-state index contributed by atoms with van der Waals surface area (Å²) in [6.45, 7) is 2.23. The normalized spacial score (nSPS) is 15.7. The maximum atomic E-state index is 6.10. The van der Waals surface area contributed by atoms with Gasteiger partial charge in [-0.15, -0.1) is 0 Å². The van der Waals surface area contributed by atoms with Crippen LogP contribution in [-0.2, 0) is 6.42 Å². The maximum Gasteiger partial charge on any atom is 0.130 e. The highest BCUT2D eigenvalue weighted by molar-refractivity contribution is 5.69. The number of fused-ring (bicyclic) bond motifs is 1. The average molecular weight is 264 g/mol. The predicted molar refractivity (Wildman–Crippen MR) is 83.7 cm³/mol.